The quantitative estimate of drug-likeness (QED) is 0.893. The van der Waals surface area contributed by atoms with E-state index >= 15 is 0 Å². The Morgan fingerprint density at radius 3 is 2.70 bits per heavy atom. The lowest BCUT2D eigenvalue weighted by Gasteiger charge is -2.21. The Morgan fingerprint density at radius 2 is 2.05 bits per heavy atom. The van der Waals surface area contributed by atoms with Crippen LogP contribution in [0.25, 0.3) is 0 Å². The van der Waals surface area contributed by atoms with Gasteiger partial charge in [0, 0.05) is 31.5 Å². The second-order valence-corrected chi connectivity index (χ2v) is 4.91. The minimum absolute atomic E-state index is 0.0981. The average molecular weight is 284 g/mol. The maximum Gasteiger partial charge on any atom is 0.319 e. The number of rotatable bonds is 4. The molecular weight excluding hydrogens is 266 g/mol. The van der Waals surface area contributed by atoms with E-state index in [2.05, 4.69) is 10.6 Å². The molecule has 1 saturated heterocycles. The van der Waals surface area contributed by atoms with E-state index in [0.29, 0.717) is 12.5 Å². The van der Waals surface area contributed by atoms with Crippen molar-refractivity contribution in [1.29, 1.82) is 0 Å². The number of carbonyl (C=O) groups is 1. The first-order chi connectivity index (χ1) is 9.63. The van der Waals surface area contributed by atoms with Crippen molar-refractivity contribution in [2.24, 2.45) is 5.92 Å². The molecule has 2 rings (SSSR count). The van der Waals surface area contributed by atoms with Gasteiger partial charge in [0.2, 0.25) is 0 Å². The molecule has 1 unspecified atom stereocenters. The van der Waals surface area contributed by atoms with Crippen LogP contribution in [0, 0.1) is 17.6 Å². The molecule has 1 aliphatic rings. The third-order valence-corrected chi connectivity index (χ3v) is 3.21. The van der Waals surface area contributed by atoms with Crippen molar-refractivity contribution in [3.63, 3.8) is 0 Å². The van der Waals surface area contributed by atoms with Crippen LogP contribution in [0.5, 0.6) is 0 Å². The number of urea groups is 1. The summed E-state index contributed by atoms with van der Waals surface area (Å²) < 4.78 is 31.2. The van der Waals surface area contributed by atoms with Gasteiger partial charge in [0.15, 0.2) is 0 Å². The molecule has 0 aromatic heterocycles. The van der Waals surface area contributed by atoms with Crippen LogP contribution >= 0.6 is 0 Å². The van der Waals surface area contributed by atoms with E-state index in [4.69, 9.17) is 4.74 Å². The molecule has 1 aromatic carbocycles. The fourth-order valence-electron chi connectivity index (χ4n) is 2.23. The molecule has 0 spiro atoms. The fourth-order valence-corrected chi connectivity index (χ4v) is 2.23. The molecule has 1 fully saturated rings. The molecule has 0 saturated carbocycles. The van der Waals surface area contributed by atoms with E-state index in [1.807, 2.05) is 0 Å². The molecule has 0 radical (unpaired) electrons. The lowest BCUT2D eigenvalue weighted by molar-refractivity contribution is 0.0520. The number of hydrogen-bond acceptors (Lipinski definition) is 2. The van der Waals surface area contributed by atoms with E-state index < -0.39 is 17.7 Å². The molecule has 1 aromatic rings. The second-order valence-electron chi connectivity index (χ2n) is 4.91. The summed E-state index contributed by atoms with van der Waals surface area (Å²) in [6, 6.07) is 2.42. The first-order valence-corrected chi connectivity index (χ1v) is 6.72. The maximum absolute atomic E-state index is 12.9. The molecule has 1 aliphatic heterocycles. The topological polar surface area (TPSA) is 50.4 Å². The van der Waals surface area contributed by atoms with E-state index in [1.54, 1.807) is 0 Å². The summed E-state index contributed by atoms with van der Waals surface area (Å²) in [5.74, 6) is -0.977. The lowest BCUT2D eigenvalue weighted by Crippen LogP contribution is -2.31. The zero-order valence-electron chi connectivity index (χ0n) is 11.1. The van der Waals surface area contributed by atoms with Crippen LogP contribution in [-0.4, -0.2) is 25.8 Å². The van der Waals surface area contributed by atoms with E-state index in [-0.39, 0.29) is 5.69 Å². The third-order valence-electron chi connectivity index (χ3n) is 3.21. The van der Waals surface area contributed by atoms with Crippen LogP contribution < -0.4 is 10.6 Å². The van der Waals surface area contributed by atoms with Crippen molar-refractivity contribution in [2.45, 2.75) is 19.3 Å². The predicted octanol–water partition coefficient (Wildman–Crippen LogP) is 2.90. The van der Waals surface area contributed by atoms with Crippen LogP contribution in [0.3, 0.4) is 0 Å². The van der Waals surface area contributed by atoms with E-state index in [0.717, 1.165) is 50.7 Å². The molecule has 2 N–H and O–H groups in total. The van der Waals surface area contributed by atoms with E-state index in [9.17, 15) is 13.6 Å². The monoisotopic (exact) mass is 284 g/mol. The number of nitrogens with one attached hydrogen (secondary N) is 2. The smallest absolute Gasteiger partial charge is 0.319 e. The molecule has 2 amide bonds. The minimum Gasteiger partial charge on any atom is -0.381 e. The van der Waals surface area contributed by atoms with Gasteiger partial charge in [0.25, 0.3) is 0 Å². The van der Waals surface area contributed by atoms with Gasteiger partial charge in [-0.3, -0.25) is 0 Å². The van der Waals surface area contributed by atoms with Gasteiger partial charge in [0.05, 0.1) is 0 Å². The normalized spacial score (nSPS) is 18.6. The molecule has 0 bridgehead atoms. The van der Waals surface area contributed by atoms with Crippen LogP contribution in [0.1, 0.15) is 19.3 Å². The highest BCUT2D eigenvalue weighted by Gasteiger charge is 2.13. The summed E-state index contributed by atoms with van der Waals surface area (Å²) in [4.78, 5) is 11.6. The van der Waals surface area contributed by atoms with Gasteiger partial charge in [-0.05, 0) is 37.3 Å². The summed E-state index contributed by atoms with van der Waals surface area (Å²) in [7, 11) is 0. The van der Waals surface area contributed by atoms with Crippen molar-refractivity contribution in [3.8, 4) is 0 Å². The van der Waals surface area contributed by atoms with Gasteiger partial charge in [-0.25, -0.2) is 13.6 Å². The van der Waals surface area contributed by atoms with Gasteiger partial charge >= 0.3 is 6.03 Å². The fraction of sp³-hybridized carbons (Fsp3) is 0.500. The Hall–Kier alpha value is -1.69. The molecule has 1 atom stereocenters. The Bertz CT molecular complexity index is 442. The van der Waals surface area contributed by atoms with Gasteiger partial charge in [0.1, 0.15) is 11.6 Å². The highest BCUT2D eigenvalue weighted by Crippen LogP contribution is 2.16. The number of benzene rings is 1. The Morgan fingerprint density at radius 1 is 1.30 bits per heavy atom. The van der Waals surface area contributed by atoms with Crippen LogP contribution in [0.2, 0.25) is 0 Å². The van der Waals surface area contributed by atoms with Crippen molar-refractivity contribution >= 4 is 11.7 Å². The van der Waals surface area contributed by atoms with Gasteiger partial charge in [-0.2, -0.15) is 0 Å². The van der Waals surface area contributed by atoms with Crippen molar-refractivity contribution in [1.82, 2.24) is 5.32 Å². The largest absolute Gasteiger partial charge is 0.381 e. The van der Waals surface area contributed by atoms with Gasteiger partial charge < -0.3 is 15.4 Å². The average Bonchev–Trinajstić information content (AvgIpc) is 2.38. The molecule has 20 heavy (non-hydrogen) atoms. The van der Waals surface area contributed by atoms with Gasteiger partial charge in [-0.15, -0.1) is 0 Å². The number of anilines is 1. The first kappa shape index (κ1) is 14.7. The first-order valence-electron chi connectivity index (χ1n) is 6.72. The second kappa shape index (κ2) is 7.19. The summed E-state index contributed by atoms with van der Waals surface area (Å²) in [6.07, 6.45) is 3.00. The molecule has 1 heterocycles. The molecule has 4 nitrogen and oxygen atoms in total. The highest BCUT2D eigenvalue weighted by atomic mass is 19.1. The predicted molar refractivity (Wildman–Crippen MR) is 71.5 cm³/mol. The Kier molecular flexibility index (Phi) is 5.29. The number of halogens is 2. The Balaban J connectivity index is 1.72. The summed E-state index contributed by atoms with van der Waals surface area (Å²) >= 11 is 0. The zero-order chi connectivity index (χ0) is 14.4. The third kappa shape index (κ3) is 4.77. The molecule has 0 aliphatic carbocycles. The number of carbonyl (C=O) groups excluding carboxylic acids is 1. The number of amides is 2. The van der Waals surface area contributed by atoms with E-state index in [1.165, 1.54) is 0 Å². The molecular formula is C14H18F2N2O2. The molecule has 6 heteroatoms. The Labute approximate surface area is 116 Å². The highest BCUT2D eigenvalue weighted by molar-refractivity contribution is 5.89. The lowest BCUT2D eigenvalue weighted by atomic mass is 9.99. The summed E-state index contributed by atoms with van der Waals surface area (Å²) in [5, 5.41) is 5.07. The standard InChI is InChI=1S/C14H18F2N2O2/c15-11-6-12(16)8-13(7-11)18-14(19)17-4-3-10-2-1-5-20-9-10/h6-8,10H,1-5,9H2,(H2,17,18,19). The van der Waals surface area contributed by atoms with Crippen molar-refractivity contribution in [2.75, 3.05) is 25.1 Å². The van der Waals surface area contributed by atoms with Crippen molar-refractivity contribution < 1.29 is 18.3 Å². The molecule has 110 valence electrons. The van der Waals surface area contributed by atoms with Crippen LogP contribution in [-0.2, 0) is 4.74 Å². The number of ether oxygens (including phenoxy) is 1. The number of hydrogen-bond donors (Lipinski definition) is 2. The van der Waals surface area contributed by atoms with Gasteiger partial charge in [-0.1, -0.05) is 0 Å². The van der Waals surface area contributed by atoms with Crippen LogP contribution in [0.15, 0.2) is 18.2 Å². The SMILES string of the molecule is O=C(NCCC1CCCOC1)Nc1cc(F)cc(F)c1. The zero-order valence-corrected chi connectivity index (χ0v) is 11.1. The minimum atomic E-state index is -0.723. The van der Waals surface area contributed by atoms with Crippen molar-refractivity contribution in [3.05, 3.63) is 29.8 Å². The van der Waals surface area contributed by atoms with Crippen LogP contribution in [0.4, 0.5) is 19.3 Å². The summed E-state index contributed by atoms with van der Waals surface area (Å²) in [5.41, 5.74) is 0.0981. The summed E-state index contributed by atoms with van der Waals surface area (Å²) in [6.45, 7) is 2.06. The maximum atomic E-state index is 12.9.